The maximum absolute atomic E-state index is 2.19. The maximum Gasteiger partial charge on any atom is 3.00 e. The Balaban J connectivity index is -0.00000000333. The fraction of sp³-hybridized carbons (Fsp3) is 1.00. The van der Waals surface area contributed by atoms with Gasteiger partial charge < -0.3 is 41.8 Å². The molecule has 0 fully saturated rings. The van der Waals surface area contributed by atoms with E-state index in [1.807, 2.05) is 0 Å². The third-order valence-corrected chi connectivity index (χ3v) is 0. The third-order valence-electron chi connectivity index (χ3n) is 0. The van der Waals surface area contributed by atoms with Crippen LogP contribution in [0.25, 0.3) is 0 Å². The topological polar surface area (TPSA) is 0 Å². The third kappa shape index (κ3) is 67.5. The molecule has 0 saturated carbocycles. The summed E-state index contributed by atoms with van der Waals surface area (Å²) in [5.74, 6) is 0. The Hall–Kier alpha value is 2.12. The van der Waals surface area contributed by atoms with E-state index in [4.69, 9.17) is 0 Å². The summed E-state index contributed by atoms with van der Waals surface area (Å²) in [6, 6.07) is 0. The molecule has 0 heterocycles. The molecule has 0 nitrogen and oxygen atoms in total. The second-order valence-electron chi connectivity index (χ2n) is 0.707. The molecule has 5 heteroatoms. The van der Waals surface area contributed by atoms with Gasteiger partial charge in [-0.2, -0.15) is 0 Å². The Labute approximate surface area is 87.0 Å². The van der Waals surface area contributed by atoms with E-state index in [-0.39, 0.29) is 59.2 Å². The van der Waals surface area contributed by atoms with Crippen LogP contribution < -0.4 is 41.8 Å². The molecule has 42 valence electrons. The number of halogens is 3. The Bertz CT molecular complexity index is 13.7. The zero-order valence-corrected chi connectivity index (χ0v) is 10.7. The molecule has 0 atom stereocenters. The molecule has 0 aromatic heterocycles. The van der Waals surface area contributed by atoms with E-state index < -0.39 is 0 Å². The maximum atomic E-state index is 2.19. The van der Waals surface area contributed by atoms with Crippen molar-refractivity contribution in [3.8, 4) is 0 Å². The molecule has 0 spiro atoms. The molecule has 0 unspecified atom stereocenters. The zero-order valence-electron chi connectivity index (χ0n) is 4.42. The molecule has 0 aliphatic rings. The Morgan fingerprint density at radius 2 is 1.29 bits per heavy atom. The minimum atomic E-state index is 0. The first kappa shape index (κ1) is 35.4. The van der Waals surface area contributed by atoms with Gasteiger partial charge in [0.1, 0.15) is 0 Å². The SMILES string of the molecule is C[CH2][AlH2].[Al+3].[Br-].[Cl-].[Cl-]. The van der Waals surface area contributed by atoms with Crippen LogP contribution in [0.3, 0.4) is 0 Å². The van der Waals surface area contributed by atoms with E-state index >= 15 is 0 Å². The molecule has 0 rings (SSSR count). The number of hydrogen-bond acceptors (Lipinski definition) is 0. The van der Waals surface area contributed by atoms with E-state index in [1.54, 1.807) is 0 Å². The van der Waals surface area contributed by atoms with Crippen LogP contribution in [0, 0.1) is 0 Å². The number of rotatable bonds is 0. The minimum absolute atomic E-state index is 0. The summed E-state index contributed by atoms with van der Waals surface area (Å²) in [4.78, 5) is 0. The van der Waals surface area contributed by atoms with E-state index in [9.17, 15) is 0 Å². The van der Waals surface area contributed by atoms with E-state index in [1.165, 1.54) is 21.6 Å². The van der Waals surface area contributed by atoms with Crippen molar-refractivity contribution < 1.29 is 41.8 Å². The van der Waals surface area contributed by atoms with Crippen LogP contribution in [-0.4, -0.2) is 33.7 Å². The van der Waals surface area contributed by atoms with Crippen molar-refractivity contribution in [3.05, 3.63) is 0 Å². The molecule has 7 heavy (non-hydrogen) atoms. The van der Waals surface area contributed by atoms with Gasteiger partial charge in [-0.05, 0) is 0 Å². The predicted molar refractivity (Wildman–Crippen MR) is 24.8 cm³/mol. The fourth-order valence-electron chi connectivity index (χ4n) is 0. The molecule has 0 aliphatic carbocycles. The smallest absolute Gasteiger partial charge is 1.00 e. The molecule has 0 aromatic carbocycles. The van der Waals surface area contributed by atoms with Crippen molar-refractivity contribution in [1.82, 2.24) is 0 Å². The van der Waals surface area contributed by atoms with Crippen molar-refractivity contribution in [2.24, 2.45) is 0 Å². The van der Waals surface area contributed by atoms with Crippen LogP contribution >= 0.6 is 0 Å². The Kier molecular flexibility index (Phi) is 214. The summed E-state index contributed by atoms with van der Waals surface area (Å²) in [5, 5.41) is 1.39. The van der Waals surface area contributed by atoms with Crippen LogP contribution in [0.15, 0.2) is 0 Å². The van der Waals surface area contributed by atoms with Gasteiger partial charge in [0.15, 0.2) is 0 Å². The zero-order chi connectivity index (χ0) is 2.71. The van der Waals surface area contributed by atoms with Gasteiger partial charge in [-0.15, -0.1) is 5.28 Å². The summed E-state index contributed by atoms with van der Waals surface area (Å²) in [6.07, 6.45) is 0. The molecule has 0 saturated heterocycles. The van der Waals surface area contributed by atoms with Crippen molar-refractivity contribution in [2.45, 2.75) is 12.2 Å². The van der Waals surface area contributed by atoms with Crippen LogP contribution in [0.1, 0.15) is 6.92 Å². The average molecular weight is 236 g/mol. The Morgan fingerprint density at radius 1 is 1.29 bits per heavy atom. The standard InChI is InChI=1S/C2H5.2Al.BrH.2ClH.2H/c1-2;;;;;;;/h1H2,2H3;;;3*1H;;/q;;+3;;;;;/p-3. The van der Waals surface area contributed by atoms with Gasteiger partial charge in [-0.1, -0.05) is 6.92 Å². The molecular formula is C2H7Al2BrCl2. The van der Waals surface area contributed by atoms with E-state index in [0.717, 1.165) is 0 Å². The van der Waals surface area contributed by atoms with Gasteiger partial charge in [-0.25, -0.2) is 0 Å². The molecule has 0 bridgehead atoms. The van der Waals surface area contributed by atoms with Crippen LogP contribution in [0.2, 0.25) is 5.28 Å². The van der Waals surface area contributed by atoms with E-state index in [2.05, 4.69) is 6.92 Å². The normalized spacial score (nSPS) is 2.43. The fourth-order valence-corrected chi connectivity index (χ4v) is 0. The summed E-state index contributed by atoms with van der Waals surface area (Å²) in [5.41, 5.74) is 0. The molecule has 0 aliphatic heterocycles. The summed E-state index contributed by atoms with van der Waals surface area (Å²) in [6.45, 7) is 2.19. The molecular weight excluding hydrogens is 229 g/mol. The largest absolute Gasteiger partial charge is 3.00 e. The van der Waals surface area contributed by atoms with Crippen LogP contribution in [-0.2, 0) is 0 Å². The van der Waals surface area contributed by atoms with Crippen molar-refractivity contribution in [2.75, 3.05) is 0 Å². The monoisotopic (exact) mass is 234 g/mol. The van der Waals surface area contributed by atoms with Gasteiger partial charge >= 0.3 is 17.4 Å². The Morgan fingerprint density at radius 3 is 1.29 bits per heavy atom. The van der Waals surface area contributed by atoms with Gasteiger partial charge in [0.2, 0.25) is 16.3 Å². The minimum Gasteiger partial charge on any atom is -1.00 e. The predicted octanol–water partition coefficient (Wildman–Crippen LogP) is -9.31. The second-order valence-corrected chi connectivity index (χ2v) is 2.12. The molecule has 0 aromatic rings. The molecule has 0 N–H and O–H groups in total. The van der Waals surface area contributed by atoms with E-state index in [0.29, 0.717) is 0 Å². The van der Waals surface area contributed by atoms with Crippen molar-refractivity contribution in [1.29, 1.82) is 0 Å². The van der Waals surface area contributed by atoms with Gasteiger partial charge in [0, 0.05) is 0 Å². The summed E-state index contributed by atoms with van der Waals surface area (Å²) >= 11 is 1.37. The first-order chi connectivity index (χ1) is 1.41. The first-order valence-electron chi connectivity index (χ1n) is 1.41. The van der Waals surface area contributed by atoms with Crippen LogP contribution in [0.4, 0.5) is 0 Å². The molecule has 0 radical (unpaired) electrons. The average Bonchev–Trinajstić information content (AvgIpc) is 0.918. The summed E-state index contributed by atoms with van der Waals surface area (Å²) < 4.78 is 0. The van der Waals surface area contributed by atoms with Crippen LogP contribution in [0.5, 0.6) is 0 Å². The van der Waals surface area contributed by atoms with Gasteiger partial charge in [0.25, 0.3) is 0 Å². The quantitative estimate of drug-likeness (QED) is 0.366. The second kappa shape index (κ2) is 42.2. The summed E-state index contributed by atoms with van der Waals surface area (Å²) in [7, 11) is 0. The molecule has 0 amide bonds. The van der Waals surface area contributed by atoms with Gasteiger partial charge in [0.05, 0.1) is 0 Å². The number of hydrogen-bond donors (Lipinski definition) is 0. The first-order valence-corrected chi connectivity index (χ1v) is 2.83. The van der Waals surface area contributed by atoms with Crippen molar-refractivity contribution in [3.63, 3.8) is 0 Å². The van der Waals surface area contributed by atoms with Crippen molar-refractivity contribution >= 4 is 33.7 Å². The van der Waals surface area contributed by atoms with Gasteiger partial charge in [-0.3, -0.25) is 0 Å².